The molecule has 1 aromatic heterocycles. The summed E-state index contributed by atoms with van der Waals surface area (Å²) in [6, 6.07) is 0. The summed E-state index contributed by atoms with van der Waals surface area (Å²) in [7, 11) is -3.67. The van der Waals surface area contributed by atoms with Crippen LogP contribution in [0.25, 0.3) is 0 Å². The summed E-state index contributed by atoms with van der Waals surface area (Å²) in [5.74, 6) is 0.361. The smallest absolute Gasteiger partial charge is 0.260 e. The SMILES string of the molecule is CCN1CCC(CNS(=O)(=O)c2n[nH]c(C)c2CO)CC1. The Morgan fingerprint density at radius 1 is 1.43 bits per heavy atom. The Morgan fingerprint density at radius 3 is 2.67 bits per heavy atom. The quantitative estimate of drug-likeness (QED) is 0.697. The molecule has 1 fully saturated rings. The number of nitrogens with zero attached hydrogens (tertiary/aromatic N) is 2. The zero-order chi connectivity index (χ0) is 15.5. The van der Waals surface area contributed by atoms with Gasteiger partial charge in [0.1, 0.15) is 0 Å². The second-order valence-electron chi connectivity index (χ2n) is 5.52. The van der Waals surface area contributed by atoms with Crippen molar-refractivity contribution in [2.45, 2.75) is 38.3 Å². The highest BCUT2D eigenvalue weighted by Gasteiger charge is 2.25. The van der Waals surface area contributed by atoms with Crippen LogP contribution in [0.15, 0.2) is 5.03 Å². The molecule has 0 radical (unpaired) electrons. The van der Waals surface area contributed by atoms with Crippen LogP contribution in [0.1, 0.15) is 31.0 Å². The van der Waals surface area contributed by atoms with Crippen LogP contribution in [0.2, 0.25) is 0 Å². The summed E-state index contributed by atoms with van der Waals surface area (Å²) in [5, 5.41) is 15.6. The molecule has 3 N–H and O–H groups in total. The molecule has 2 rings (SSSR count). The number of piperidine rings is 1. The molecule has 0 aromatic carbocycles. The van der Waals surface area contributed by atoms with Crippen molar-refractivity contribution in [1.29, 1.82) is 0 Å². The van der Waals surface area contributed by atoms with Gasteiger partial charge >= 0.3 is 0 Å². The Kier molecular flexibility index (Phi) is 5.37. The normalized spacial score (nSPS) is 18.2. The third-order valence-corrected chi connectivity index (χ3v) is 5.56. The number of hydrogen-bond donors (Lipinski definition) is 3. The highest BCUT2D eigenvalue weighted by molar-refractivity contribution is 7.89. The largest absolute Gasteiger partial charge is 0.392 e. The molecule has 1 aliphatic rings. The molecular weight excluding hydrogens is 292 g/mol. The highest BCUT2D eigenvalue weighted by atomic mass is 32.2. The number of nitrogens with one attached hydrogen (secondary N) is 2. The van der Waals surface area contributed by atoms with Crippen molar-refractivity contribution in [2.75, 3.05) is 26.2 Å². The number of aryl methyl sites for hydroxylation is 1. The second-order valence-corrected chi connectivity index (χ2v) is 7.20. The Balaban J connectivity index is 1.96. The Bertz CT molecular complexity index is 562. The molecule has 7 nitrogen and oxygen atoms in total. The van der Waals surface area contributed by atoms with Crippen molar-refractivity contribution in [2.24, 2.45) is 5.92 Å². The molecule has 0 aliphatic carbocycles. The van der Waals surface area contributed by atoms with Gasteiger partial charge in [0, 0.05) is 17.8 Å². The van der Waals surface area contributed by atoms with E-state index in [0.29, 0.717) is 23.7 Å². The zero-order valence-electron chi connectivity index (χ0n) is 12.6. The van der Waals surface area contributed by atoms with E-state index in [2.05, 4.69) is 26.7 Å². The Labute approximate surface area is 125 Å². The predicted molar refractivity (Wildman–Crippen MR) is 79.3 cm³/mol. The summed E-state index contributed by atoms with van der Waals surface area (Å²) in [4.78, 5) is 2.37. The number of sulfonamides is 1. The van der Waals surface area contributed by atoms with Crippen LogP contribution in [0.5, 0.6) is 0 Å². The molecule has 120 valence electrons. The van der Waals surface area contributed by atoms with Gasteiger partial charge in [-0.2, -0.15) is 5.10 Å². The topological polar surface area (TPSA) is 98.3 Å². The molecule has 2 heterocycles. The summed E-state index contributed by atoms with van der Waals surface area (Å²) in [6.45, 7) is 7.00. The van der Waals surface area contributed by atoms with Crippen LogP contribution in [-0.4, -0.2) is 54.8 Å². The van der Waals surface area contributed by atoms with E-state index in [1.807, 2.05) is 0 Å². The van der Waals surface area contributed by atoms with E-state index >= 15 is 0 Å². The van der Waals surface area contributed by atoms with Gasteiger partial charge in [-0.15, -0.1) is 0 Å². The minimum atomic E-state index is -3.67. The molecule has 1 aliphatic heterocycles. The minimum absolute atomic E-state index is 0.0894. The van der Waals surface area contributed by atoms with E-state index in [-0.39, 0.29) is 11.6 Å². The fraction of sp³-hybridized carbons (Fsp3) is 0.769. The third kappa shape index (κ3) is 3.82. The van der Waals surface area contributed by atoms with Gasteiger partial charge in [0.05, 0.1) is 6.61 Å². The number of aliphatic hydroxyl groups excluding tert-OH is 1. The number of aromatic amines is 1. The standard InChI is InChI=1S/C13H24N4O3S/c1-3-17-6-4-11(5-7-17)8-14-21(19,20)13-12(9-18)10(2)15-16-13/h11,14,18H,3-9H2,1-2H3,(H,15,16). The summed E-state index contributed by atoms with van der Waals surface area (Å²) in [5.41, 5.74) is 0.914. The fourth-order valence-corrected chi connectivity index (χ4v) is 3.94. The number of H-pyrrole nitrogens is 1. The summed E-state index contributed by atoms with van der Waals surface area (Å²) in [6.07, 6.45) is 2.01. The van der Waals surface area contributed by atoms with Crippen LogP contribution >= 0.6 is 0 Å². The van der Waals surface area contributed by atoms with E-state index in [9.17, 15) is 13.5 Å². The molecule has 0 atom stereocenters. The summed E-state index contributed by atoms with van der Waals surface area (Å²) >= 11 is 0. The van der Waals surface area contributed by atoms with Gasteiger partial charge < -0.3 is 10.0 Å². The predicted octanol–water partition coefficient (Wildman–Crippen LogP) is 0.221. The van der Waals surface area contributed by atoms with Gasteiger partial charge in [-0.05, 0) is 45.3 Å². The first-order chi connectivity index (χ1) is 9.97. The van der Waals surface area contributed by atoms with Crippen molar-refractivity contribution in [3.05, 3.63) is 11.3 Å². The van der Waals surface area contributed by atoms with E-state index in [1.54, 1.807) is 6.92 Å². The van der Waals surface area contributed by atoms with Gasteiger partial charge in [-0.3, -0.25) is 5.10 Å². The molecule has 0 saturated carbocycles. The average Bonchev–Trinajstić information content (AvgIpc) is 2.87. The lowest BCUT2D eigenvalue weighted by atomic mass is 9.97. The van der Waals surface area contributed by atoms with E-state index < -0.39 is 10.0 Å². The highest BCUT2D eigenvalue weighted by Crippen LogP contribution is 2.19. The number of rotatable bonds is 6. The molecule has 8 heteroatoms. The van der Waals surface area contributed by atoms with Crippen LogP contribution in [0.4, 0.5) is 0 Å². The fourth-order valence-electron chi connectivity index (χ4n) is 2.64. The molecule has 1 saturated heterocycles. The maximum atomic E-state index is 12.3. The Hall–Kier alpha value is -0.960. The number of aromatic nitrogens is 2. The van der Waals surface area contributed by atoms with E-state index in [4.69, 9.17) is 0 Å². The first-order valence-corrected chi connectivity index (χ1v) is 8.83. The monoisotopic (exact) mass is 316 g/mol. The minimum Gasteiger partial charge on any atom is -0.392 e. The maximum Gasteiger partial charge on any atom is 0.260 e. The van der Waals surface area contributed by atoms with Crippen molar-refractivity contribution in [1.82, 2.24) is 19.8 Å². The van der Waals surface area contributed by atoms with Crippen LogP contribution < -0.4 is 4.72 Å². The molecule has 0 amide bonds. The zero-order valence-corrected chi connectivity index (χ0v) is 13.4. The molecule has 0 bridgehead atoms. The first kappa shape index (κ1) is 16.4. The molecule has 0 unspecified atom stereocenters. The summed E-state index contributed by atoms with van der Waals surface area (Å²) < 4.78 is 27.2. The number of hydrogen-bond acceptors (Lipinski definition) is 5. The van der Waals surface area contributed by atoms with Crippen LogP contribution in [0.3, 0.4) is 0 Å². The van der Waals surface area contributed by atoms with Gasteiger partial charge in [0.15, 0.2) is 5.03 Å². The van der Waals surface area contributed by atoms with Crippen molar-refractivity contribution < 1.29 is 13.5 Å². The number of aliphatic hydroxyl groups is 1. The van der Waals surface area contributed by atoms with Crippen LogP contribution in [0, 0.1) is 12.8 Å². The molecule has 0 spiro atoms. The van der Waals surface area contributed by atoms with E-state index in [0.717, 1.165) is 32.5 Å². The Morgan fingerprint density at radius 2 is 2.10 bits per heavy atom. The van der Waals surface area contributed by atoms with Gasteiger partial charge in [-0.1, -0.05) is 6.92 Å². The van der Waals surface area contributed by atoms with Gasteiger partial charge in [0.2, 0.25) is 0 Å². The lowest BCUT2D eigenvalue weighted by molar-refractivity contribution is 0.193. The lowest BCUT2D eigenvalue weighted by Gasteiger charge is -2.30. The van der Waals surface area contributed by atoms with Crippen molar-refractivity contribution >= 4 is 10.0 Å². The molecule has 21 heavy (non-hydrogen) atoms. The maximum absolute atomic E-state index is 12.3. The lowest BCUT2D eigenvalue weighted by Crippen LogP contribution is -2.38. The van der Waals surface area contributed by atoms with Crippen molar-refractivity contribution in [3.63, 3.8) is 0 Å². The first-order valence-electron chi connectivity index (χ1n) is 7.34. The molecule has 1 aromatic rings. The van der Waals surface area contributed by atoms with E-state index in [1.165, 1.54) is 0 Å². The van der Waals surface area contributed by atoms with Gasteiger partial charge in [0.25, 0.3) is 10.0 Å². The number of likely N-dealkylation sites (tertiary alicyclic amines) is 1. The van der Waals surface area contributed by atoms with Gasteiger partial charge in [-0.25, -0.2) is 13.1 Å². The van der Waals surface area contributed by atoms with Crippen LogP contribution in [-0.2, 0) is 16.6 Å². The third-order valence-electron chi connectivity index (χ3n) is 4.17. The van der Waals surface area contributed by atoms with Crippen molar-refractivity contribution in [3.8, 4) is 0 Å². The second kappa shape index (κ2) is 6.87. The molecular formula is C13H24N4O3S. The average molecular weight is 316 g/mol.